The molecule has 2 aliphatic rings. The second-order valence-electron chi connectivity index (χ2n) is 8.27. The summed E-state index contributed by atoms with van der Waals surface area (Å²) in [6.45, 7) is 3.11. The van der Waals surface area contributed by atoms with E-state index in [4.69, 9.17) is 14.5 Å². The lowest BCUT2D eigenvalue weighted by Gasteiger charge is -2.29. The minimum atomic E-state index is -0.235. The summed E-state index contributed by atoms with van der Waals surface area (Å²) in [7, 11) is 0. The molecule has 166 valence electrons. The van der Waals surface area contributed by atoms with Crippen molar-refractivity contribution in [3.05, 3.63) is 30.9 Å². The Balaban J connectivity index is 1.36. The standard InChI is InChI=1S/C23H26N6O3/c1-2-4-22(30)26-17-5-3-6-19(11-17)32-23-21-7-9-24-29(21)14-20(27-23)16-12-25-28(13-16)18-8-10-31-15-18/h7,9,12-14,17-19H,3,5-6,8,10-11,15H2,1H3,(H,26,30)/t17-,18-,19+/m0/s1. The molecule has 3 aromatic rings. The van der Waals surface area contributed by atoms with Crippen molar-refractivity contribution in [2.45, 2.75) is 57.2 Å². The first-order chi connectivity index (χ1) is 15.7. The first-order valence-electron chi connectivity index (χ1n) is 11.1. The zero-order valence-corrected chi connectivity index (χ0v) is 18.0. The Morgan fingerprint density at radius 1 is 1.28 bits per heavy atom. The fraction of sp³-hybridized carbons (Fsp3) is 0.478. The second-order valence-corrected chi connectivity index (χ2v) is 8.27. The van der Waals surface area contributed by atoms with Crippen molar-refractivity contribution in [2.75, 3.05) is 13.2 Å². The van der Waals surface area contributed by atoms with Gasteiger partial charge in [-0.05, 0) is 44.6 Å². The van der Waals surface area contributed by atoms with E-state index in [2.05, 4.69) is 27.4 Å². The molecule has 0 radical (unpaired) electrons. The van der Waals surface area contributed by atoms with Gasteiger partial charge >= 0.3 is 0 Å². The second kappa shape index (κ2) is 9.01. The van der Waals surface area contributed by atoms with Gasteiger partial charge in [0.05, 0.1) is 36.9 Å². The van der Waals surface area contributed by atoms with Gasteiger partial charge in [-0.3, -0.25) is 9.48 Å². The summed E-state index contributed by atoms with van der Waals surface area (Å²) in [6.07, 6.45) is 11.9. The third-order valence-electron chi connectivity index (χ3n) is 6.01. The molecule has 9 nitrogen and oxygen atoms in total. The van der Waals surface area contributed by atoms with Crippen molar-refractivity contribution in [1.82, 2.24) is 29.7 Å². The lowest BCUT2D eigenvalue weighted by molar-refractivity contribution is -0.116. The average Bonchev–Trinajstić information content (AvgIpc) is 3.54. The summed E-state index contributed by atoms with van der Waals surface area (Å²) in [5.74, 6) is 5.49. The zero-order chi connectivity index (χ0) is 21.9. The van der Waals surface area contributed by atoms with Gasteiger partial charge in [0.2, 0.25) is 5.88 Å². The number of carbonyl (C=O) groups is 1. The number of amides is 1. The Morgan fingerprint density at radius 2 is 2.22 bits per heavy atom. The van der Waals surface area contributed by atoms with Crippen LogP contribution in [0.1, 0.15) is 45.1 Å². The summed E-state index contributed by atoms with van der Waals surface area (Å²) >= 11 is 0. The SMILES string of the molecule is CC#CC(=O)N[C@H]1CCC[C@@H](Oc2nc(-c3cnn([C@H]4CCOC4)c3)cn3nccc23)C1. The maximum atomic E-state index is 11.8. The summed E-state index contributed by atoms with van der Waals surface area (Å²) in [5, 5.41) is 11.9. The minimum Gasteiger partial charge on any atom is -0.473 e. The average molecular weight is 435 g/mol. The smallest absolute Gasteiger partial charge is 0.296 e. The summed E-state index contributed by atoms with van der Waals surface area (Å²) in [4.78, 5) is 16.7. The molecule has 0 bridgehead atoms. The van der Waals surface area contributed by atoms with Gasteiger partial charge in [-0.2, -0.15) is 10.2 Å². The summed E-state index contributed by atoms with van der Waals surface area (Å²) < 4.78 is 15.6. The maximum absolute atomic E-state index is 11.8. The molecule has 32 heavy (non-hydrogen) atoms. The number of fused-ring (bicyclic) bond motifs is 1. The van der Waals surface area contributed by atoms with Crippen molar-refractivity contribution >= 4 is 11.4 Å². The number of ether oxygens (including phenoxy) is 2. The van der Waals surface area contributed by atoms with Gasteiger partial charge in [0, 0.05) is 30.8 Å². The van der Waals surface area contributed by atoms with Gasteiger partial charge in [-0.1, -0.05) is 5.92 Å². The predicted molar refractivity (Wildman–Crippen MR) is 117 cm³/mol. The molecular weight excluding hydrogens is 408 g/mol. The monoisotopic (exact) mass is 434 g/mol. The van der Waals surface area contributed by atoms with E-state index in [9.17, 15) is 4.79 Å². The molecule has 1 N–H and O–H groups in total. The molecule has 0 spiro atoms. The molecule has 0 unspecified atom stereocenters. The van der Waals surface area contributed by atoms with E-state index >= 15 is 0 Å². The number of nitrogens with one attached hydrogen (secondary N) is 1. The molecule has 2 fully saturated rings. The topological polar surface area (TPSA) is 95.6 Å². The maximum Gasteiger partial charge on any atom is 0.296 e. The Labute approximate surface area is 186 Å². The number of hydrogen-bond donors (Lipinski definition) is 1. The van der Waals surface area contributed by atoms with Crippen LogP contribution in [-0.2, 0) is 9.53 Å². The van der Waals surface area contributed by atoms with Gasteiger partial charge < -0.3 is 14.8 Å². The number of rotatable bonds is 5. The molecule has 3 aromatic heterocycles. The van der Waals surface area contributed by atoms with Crippen LogP contribution in [-0.4, -0.2) is 55.6 Å². The Kier molecular flexibility index (Phi) is 5.77. The molecule has 9 heteroatoms. The van der Waals surface area contributed by atoms with Crippen molar-refractivity contribution in [3.8, 4) is 29.0 Å². The molecule has 3 atom stereocenters. The molecule has 1 aliphatic heterocycles. The molecular formula is C23H26N6O3. The van der Waals surface area contributed by atoms with Crippen molar-refractivity contribution in [2.24, 2.45) is 0 Å². The zero-order valence-electron chi connectivity index (χ0n) is 18.0. The molecule has 1 saturated carbocycles. The van der Waals surface area contributed by atoms with Crippen LogP contribution in [0.25, 0.3) is 16.8 Å². The normalized spacial score (nSPS) is 23.0. The van der Waals surface area contributed by atoms with E-state index in [1.807, 2.05) is 29.3 Å². The first kappa shape index (κ1) is 20.5. The van der Waals surface area contributed by atoms with Crippen LogP contribution in [0.3, 0.4) is 0 Å². The largest absolute Gasteiger partial charge is 0.473 e. The van der Waals surface area contributed by atoms with Gasteiger partial charge in [0.1, 0.15) is 11.6 Å². The van der Waals surface area contributed by atoms with Gasteiger partial charge in [-0.15, -0.1) is 0 Å². The Hall–Kier alpha value is -3.38. The third kappa shape index (κ3) is 4.32. The quantitative estimate of drug-likeness (QED) is 0.620. The summed E-state index contributed by atoms with van der Waals surface area (Å²) in [6, 6.07) is 2.21. The lowest BCUT2D eigenvalue weighted by atomic mass is 9.93. The minimum absolute atomic E-state index is 0.0385. The predicted octanol–water partition coefficient (Wildman–Crippen LogP) is 2.38. The highest BCUT2D eigenvalue weighted by Crippen LogP contribution is 2.29. The molecule has 5 rings (SSSR count). The number of hydrogen-bond acceptors (Lipinski definition) is 6. The van der Waals surface area contributed by atoms with Gasteiger partial charge in [0.15, 0.2) is 0 Å². The molecule has 1 aliphatic carbocycles. The van der Waals surface area contributed by atoms with Crippen LogP contribution in [0.5, 0.6) is 5.88 Å². The van der Waals surface area contributed by atoms with E-state index in [0.717, 1.165) is 55.5 Å². The van der Waals surface area contributed by atoms with E-state index in [-0.39, 0.29) is 24.1 Å². The first-order valence-corrected chi connectivity index (χ1v) is 11.1. The molecule has 0 aromatic carbocycles. The molecule has 4 heterocycles. The van der Waals surface area contributed by atoms with Crippen molar-refractivity contribution in [3.63, 3.8) is 0 Å². The van der Waals surface area contributed by atoms with Gasteiger partial charge in [-0.25, -0.2) is 9.50 Å². The fourth-order valence-corrected chi connectivity index (χ4v) is 4.40. The van der Waals surface area contributed by atoms with Crippen LogP contribution in [0.4, 0.5) is 0 Å². The van der Waals surface area contributed by atoms with Crippen LogP contribution < -0.4 is 10.1 Å². The van der Waals surface area contributed by atoms with Crippen LogP contribution in [0.15, 0.2) is 30.9 Å². The van der Waals surface area contributed by atoms with Crippen LogP contribution in [0, 0.1) is 11.8 Å². The fourth-order valence-electron chi connectivity index (χ4n) is 4.40. The molecule has 1 saturated heterocycles. The number of nitrogens with zero attached hydrogens (tertiary/aromatic N) is 5. The summed E-state index contributed by atoms with van der Waals surface area (Å²) in [5.41, 5.74) is 2.47. The number of carbonyl (C=O) groups excluding carboxylic acids is 1. The highest BCUT2D eigenvalue weighted by molar-refractivity contribution is 5.93. The van der Waals surface area contributed by atoms with E-state index in [0.29, 0.717) is 12.5 Å². The van der Waals surface area contributed by atoms with E-state index < -0.39 is 0 Å². The lowest BCUT2D eigenvalue weighted by Crippen LogP contribution is -2.40. The van der Waals surface area contributed by atoms with E-state index in [1.54, 1.807) is 17.6 Å². The number of aromatic nitrogens is 5. The highest BCUT2D eigenvalue weighted by atomic mass is 16.5. The Bertz CT molecular complexity index is 1170. The van der Waals surface area contributed by atoms with Crippen LogP contribution in [0.2, 0.25) is 0 Å². The van der Waals surface area contributed by atoms with Crippen LogP contribution >= 0.6 is 0 Å². The highest BCUT2D eigenvalue weighted by Gasteiger charge is 2.26. The Morgan fingerprint density at radius 3 is 3.06 bits per heavy atom. The van der Waals surface area contributed by atoms with Crippen molar-refractivity contribution in [1.29, 1.82) is 0 Å². The third-order valence-corrected chi connectivity index (χ3v) is 6.01. The van der Waals surface area contributed by atoms with E-state index in [1.165, 1.54) is 0 Å². The molecule has 1 amide bonds. The van der Waals surface area contributed by atoms with Crippen molar-refractivity contribution < 1.29 is 14.3 Å². The van der Waals surface area contributed by atoms with Gasteiger partial charge in [0.25, 0.3) is 5.91 Å².